The Labute approximate surface area is 215 Å². The van der Waals surface area contributed by atoms with Gasteiger partial charge in [-0.15, -0.1) is 0 Å². The van der Waals surface area contributed by atoms with E-state index in [1.165, 1.54) is 6.07 Å². The second-order valence-corrected chi connectivity index (χ2v) is 10.2. The van der Waals surface area contributed by atoms with Crippen molar-refractivity contribution in [3.8, 4) is 28.1 Å². The van der Waals surface area contributed by atoms with Gasteiger partial charge in [0.05, 0.1) is 23.6 Å². The number of carbonyl (C=O) groups excluding carboxylic acids is 1. The summed E-state index contributed by atoms with van der Waals surface area (Å²) < 4.78 is 16.9. The van der Waals surface area contributed by atoms with Crippen LogP contribution < -0.4 is 0 Å². The van der Waals surface area contributed by atoms with Gasteiger partial charge in [-0.05, 0) is 54.2 Å². The minimum atomic E-state index is -0.588. The molecule has 2 aliphatic carbocycles. The predicted octanol–water partition coefficient (Wildman–Crippen LogP) is 7.19. The first-order valence-electron chi connectivity index (χ1n) is 12.6. The molecule has 1 aromatic heterocycles. The standard InChI is InChI=1S/C32H26FN3O/c1-20-26-18-17-25-29(24-11-7-8-12-27(24)33)35-36(31(25)32(26,2)19-28(34-3)30(20)37)23-15-13-22(14-16-23)21-9-5-4-6-10-21/h4-16,19-20,26H,17-18H2,1-2H3/t20-,26-,32-/m1/s1. The number of Topliss-reactive ketones (excluding diaryl/α,β-unsaturated/α-hetero) is 1. The van der Waals surface area contributed by atoms with E-state index in [1.807, 2.05) is 54.1 Å². The number of benzene rings is 3. The van der Waals surface area contributed by atoms with E-state index >= 15 is 4.39 Å². The third-order valence-corrected chi connectivity index (χ3v) is 8.14. The highest BCUT2D eigenvalue weighted by atomic mass is 19.1. The molecule has 5 heteroatoms. The lowest BCUT2D eigenvalue weighted by Gasteiger charge is -2.45. The van der Waals surface area contributed by atoms with Crippen molar-refractivity contribution in [3.05, 3.63) is 119 Å². The molecule has 2 aliphatic rings. The Morgan fingerprint density at radius 2 is 1.68 bits per heavy atom. The molecule has 0 aliphatic heterocycles. The molecular weight excluding hydrogens is 461 g/mol. The number of hydrogen-bond acceptors (Lipinski definition) is 2. The van der Waals surface area contributed by atoms with Gasteiger partial charge in [-0.25, -0.2) is 13.9 Å². The van der Waals surface area contributed by atoms with Gasteiger partial charge in [0.15, 0.2) is 5.78 Å². The summed E-state index contributed by atoms with van der Waals surface area (Å²) in [6.45, 7) is 11.7. The maximum absolute atomic E-state index is 15.0. The smallest absolute Gasteiger partial charge is 0.226 e. The molecule has 0 amide bonds. The van der Waals surface area contributed by atoms with E-state index in [0.717, 1.165) is 34.5 Å². The van der Waals surface area contributed by atoms with Crippen molar-refractivity contribution in [3.63, 3.8) is 0 Å². The summed E-state index contributed by atoms with van der Waals surface area (Å²) in [6, 6.07) is 25.1. The first-order valence-corrected chi connectivity index (χ1v) is 12.6. The summed E-state index contributed by atoms with van der Waals surface area (Å²) in [5.74, 6) is -0.641. The van der Waals surface area contributed by atoms with E-state index in [9.17, 15) is 4.79 Å². The van der Waals surface area contributed by atoms with Crippen molar-refractivity contribution in [1.29, 1.82) is 0 Å². The van der Waals surface area contributed by atoms with Crippen LogP contribution in [0.1, 0.15) is 31.5 Å². The van der Waals surface area contributed by atoms with Crippen LogP contribution in [0.5, 0.6) is 0 Å². The topological polar surface area (TPSA) is 39.2 Å². The molecule has 0 unspecified atom stereocenters. The molecule has 0 N–H and O–H groups in total. The van der Waals surface area contributed by atoms with Gasteiger partial charge >= 0.3 is 0 Å². The number of halogens is 1. The molecule has 37 heavy (non-hydrogen) atoms. The van der Waals surface area contributed by atoms with Gasteiger partial charge in [-0.3, -0.25) is 0 Å². The monoisotopic (exact) mass is 487 g/mol. The summed E-state index contributed by atoms with van der Waals surface area (Å²) in [7, 11) is 0. The Morgan fingerprint density at radius 1 is 1.00 bits per heavy atom. The third kappa shape index (κ3) is 3.55. The molecule has 4 aromatic rings. The maximum Gasteiger partial charge on any atom is 0.226 e. The van der Waals surface area contributed by atoms with E-state index in [1.54, 1.807) is 12.1 Å². The van der Waals surface area contributed by atoms with Crippen LogP contribution in [0.2, 0.25) is 0 Å². The lowest BCUT2D eigenvalue weighted by Crippen LogP contribution is -2.46. The lowest BCUT2D eigenvalue weighted by molar-refractivity contribution is -0.121. The molecule has 0 spiro atoms. The molecule has 1 heterocycles. The van der Waals surface area contributed by atoms with Crippen molar-refractivity contribution >= 4 is 5.78 Å². The van der Waals surface area contributed by atoms with Crippen LogP contribution in [0.25, 0.3) is 32.9 Å². The second-order valence-electron chi connectivity index (χ2n) is 10.2. The van der Waals surface area contributed by atoms with Gasteiger partial charge in [-0.1, -0.05) is 74.5 Å². The van der Waals surface area contributed by atoms with Crippen molar-refractivity contribution in [2.75, 3.05) is 0 Å². The largest absolute Gasteiger partial charge is 0.308 e. The normalized spacial score (nSPS) is 22.5. The first-order chi connectivity index (χ1) is 17.9. The number of ketones is 1. The second kappa shape index (κ2) is 8.67. The van der Waals surface area contributed by atoms with Gasteiger partial charge in [0, 0.05) is 22.5 Å². The molecule has 4 nitrogen and oxygen atoms in total. The average Bonchev–Trinajstić information content (AvgIpc) is 3.32. The van der Waals surface area contributed by atoms with Crippen molar-refractivity contribution < 1.29 is 9.18 Å². The highest BCUT2D eigenvalue weighted by Gasteiger charge is 2.50. The molecular formula is C32H26FN3O. The average molecular weight is 488 g/mol. The van der Waals surface area contributed by atoms with Crippen LogP contribution in [0, 0.1) is 24.2 Å². The van der Waals surface area contributed by atoms with Crippen molar-refractivity contribution in [1.82, 2.24) is 9.78 Å². The first kappa shape index (κ1) is 23.1. The fraction of sp³-hybridized carbons (Fsp3) is 0.219. The van der Waals surface area contributed by atoms with Gasteiger partial charge in [0.1, 0.15) is 5.82 Å². The number of carbonyl (C=O) groups is 1. The zero-order valence-corrected chi connectivity index (χ0v) is 20.8. The number of hydrogen-bond donors (Lipinski definition) is 0. The van der Waals surface area contributed by atoms with Crippen molar-refractivity contribution in [2.45, 2.75) is 32.1 Å². The Morgan fingerprint density at radius 3 is 2.38 bits per heavy atom. The van der Waals surface area contributed by atoms with E-state index in [0.29, 0.717) is 17.7 Å². The Hall–Kier alpha value is -4.30. The van der Waals surface area contributed by atoms with E-state index in [-0.39, 0.29) is 29.1 Å². The number of allylic oxidation sites excluding steroid dienone is 2. The highest BCUT2D eigenvalue weighted by Crippen LogP contribution is 2.52. The summed E-state index contributed by atoms with van der Waals surface area (Å²) in [6.07, 6.45) is 3.31. The van der Waals surface area contributed by atoms with Crippen LogP contribution >= 0.6 is 0 Å². The minimum Gasteiger partial charge on any atom is -0.308 e. The number of nitrogens with zero attached hydrogens (tertiary/aromatic N) is 3. The minimum absolute atomic E-state index is 0.0329. The number of aromatic nitrogens is 2. The Balaban J connectivity index is 1.59. The van der Waals surface area contributed by atoms with Gasteiger partial charge < -0.3 is 4.79 Å². The van der Waals surface area contributed by atoms with Gasteiger partial charge in [0.2, 0.25) is 5.70 Å². The molecule has 0 bridgehead atoms. The quantitative estimate of drug-likeness (QED) is 0.287. The summed E-state index contributed by atoms with van der Waals surface area (Å²) in [4.78, 5) is 16.5. The van der Waals surface area contributed by atoms with E-state index < -0.39 is 5.41 Å². The molecule has 182 valence electrons. The van der Waals surface area contributed by atoms with Crippen LogP contribution in [0.4, 0.5) is 4.39 Å². The van der Waals surface area contributed by atoms with Crippen LogP contribution in [0.3, 0.4) is 0 Å². The molecule has 0 saturated heterocycles. The van der Waals surface area contributed by atoms with Gasteiger partial charge in [-0.2, -0.15) is 5.10 Å². The van der Waals surface area contributed by atoms with E-state index in [4.69, 9.17) is 11.7 Å². The molecule has 6 rings (SSSR count). The predicted molar refractivity (Wildman–Crippen MR) is 142 cm³/mol. The molecule has 0 radical (unpaired) electrons. The fourth-order valence-corrected chi connectivity index (χ4v) is 6.30. The van der Waals surface area contributed by atoms with Crippen LogP contribution in [-0.2, 0) is 16.6 Å². The summed E-state index contributed by atoms with van der Waals surface area (Å²) >= 11 is 0. The van der Waals surface area contributed by atoms with Gasteiger partial charge in [0.25, 0.3) is 0 Å². The maximum atomic E-state index is 15.0. The number of fused-ring (bicyclic) bond motifs is 3. The molecule has 3 atom stereocenters. The summed E-state index contributed by atoms with van der Waals surface area (Å²) in [5.41, 5.74) is 5.69. The third-order valence-electron chi connectivity index (χ3n) is 8.14. The zero-order valence-electron chi connectivity index (χ0n) is 20.8. The van der Waals surface area contributed by atoms with Crippen LogP contribution in [-0.4, -0.2) is 15.6 Å². The summed E-state index contributed by atoms with van der Waals surface area (Å²) in [5, 5.41) is 5.01. The van der Waals surface area contributed by atoms with Crippen molar-refractivity contribution in [2.24, 2.45) is 11.8 Å². The Kier molecular flexibility index (Phi) is 5.42. The molecule has 3 aromatic carbocycles. The Bertz CT molecular complexity index is 1590. The lowest BCUT2D eigenvalue weighted by atomic mass is 9.58. The van der Waals surface area contributed by atoms with E-state index in [2.05, 4.69) is 36.0 Å². The molecule has 0 fully saturated rings. The molecule has 0 saturated carbocycles. The zero-order chi connectivity index (χ0) is 25.7. The van der Waals surface area contributed by atoms with Crippen LogP contribution in [0.15, 0.2) is 90.6 Å². The number of rotatable bonds is 3. The fourth-order valence-electron chi connectivity index (χ4n) is 6.30. The highest BCUT2D eigenvalue weighted by molar-refractivity contribution is 6.00. The SMILES string of the molecule is [C-]#[N+]C1=C[C@@]2(C)c3c(c(-c4ccccc4F)nn3-c3ccc(-c4ccccc4)cc3)CC[C@@H]2[C@@H](C)C1=O.